The van der Waals surface area contributed by atoms with E-state index in [-0.39, 0.29) is 5.91 Å². The fourth-order valence-electron chi connectivity index (χ4n) is 1.71. The van der Waals surface area contributed by atoms with E-state index in [4.69, 9.17) is 0 Å². The van der Waals surface area contributed by atoms with E-state index in [1.54, 1.807) is 0 Å². The van der Waals surface area contributed by atoms with Crippen LogP contribution in [0, 0.1) is 0 Å². The second kappa shape index (κ2) is 12.6. The van der Waals surface area contributed by atoms with Crippen LogP contribution >= 0.6 is 0 Å². The summed E-state index contributed by atoms with van der Waals surface area (Å²) in [7, 11) is 0. The summed E-state index contributed by atoms with van der Waals surface area (Å²) >= 11 is 0. The molecule has 0 saturated heterocycles. The lowest BCUT2D eigenvalue weighted by Crippen LogP contribution is -2.18. The zero-order chi connectivity index (χ0) is 13.6. The molecule has 1 N–H and O–H groups in total. The number of unbranched alkanes of at least 4 members (excludes halogenated alkanes) is 7. The molecule has 106 valence electrons. The van der Waals surface area contributed by atoms with Crippen LogP contribution in [0.3, 0.4) is 0 Å². The first-order chi connectivity index (χ1) is 8.70. The summed E-state index contributed by atoms with van der Waals surface area (Å²) in [6.45, 7) is 6.20. The molecule has 0 heterocycles. The number of nitrogens with zero attached hydrogens (tertiary/aromatic N) is 1. The number of rotatable bonds is 11. The van der Waals surface area contributed by atoms with Crippen molar-refractivity contribution < 1.29 is 4.79 Å². The molecule has 0 aromatic heterocycles. The fourth-order valence-corrected chi connectivity index (χ4v) is 1.71. The standard InChI is InChI=1S/C15H30N2O/c1-4-6-7-8-9-10-11-12-13-15(18)17-16-14(3)5-2/h4-13H2,1-3H3,(H,17,18). The molecule has 0 aromatic rings. The Hall–Kier alpha value is -0.860. The van der Waals surface area contributed by atoms with Gasteiger partial charge in [0.15, 0.2) is 0 Å². The van der Waals surface area contributed by atoms with Crippen LogP contribution in [0.5, 0.6) is 0 Å². The van der Waals surface area contributed by atoms with Gasteiger partial charge < -0.3 is 0 Å². The highest BCUT2D eigenvalue weighted by atomic mass is 16.2. The summed E-state index contributed by atoms with van der Waals surface area (Å²) in [5.41, 5.74) is 3.57. The van der Waals surface area contributed by atoms with E-state index in [2.05, 4.69) is 17.5 Å². The van der Waals surface area contributed by atoms with Crippen LogP contribution in [-0.2, 0) is 4.79 Å². The molecule has 0 bridgehead atoms. The average Bonchev–Trinajstić information content (AvgIpc) is 2.39. The quantitative estimate of drug-likeness (QED) is 0.331. The van der Waals surface area contributed by atoms with Crippen LogP contribution in [0.25, 0.3) is 0 Å². The van der Waals surface area contributed by atoms with Crippen LogP contribution in [0.2, 0.25) is 0 Å². The van der Waals surface area contributed by atoms with Gasteiger partial charge in [-0.15, -0.1) is 0 Å². The summed E-state index contributed by atoms with van der Waals surface area (Å²) in [4.78, 5) is 11.4. The maximum atomic E-state index is 11.4. The van der Waals surface area contributed by atoms with Gasteiger partial charge in [0.2, 0.25) is 5.91 Å². The van der Waals surface area contributed by atoms with E-state index in [9.17, 15) is 4.79 Å². The van der Waals surface area contributed by atoms with Crippen LogP contribution in [0.15, 0.2) is 5.10 Å². The van der Waals surface area contributed by atoms with Crippen molar-refractivity contribution in [1.29, 1.82) is 0 Å². The first-order valence-corrected chi connectivity index (χ1v) is 7.52. The normalized spacial score (nSPS) is 11.6. The van der Waals surface area contributed by atoms with E-state index >= 15 is 0 Å². The number of nitrogens with one attached hydrogen (secondary N) is 1. The molecule has 0 saturated carbocycles. The SMILES string of the molecule is CCCCCCCCCCC(=O)NN=C(C)CC. The van der Waals surface area contributed by atoms with Gasteiger partial charge in [-0.2, -0.15) is 5.10 Å². The summed E-state index contributed by atoms with van der Waals surface area (Å²) < 4.78 is 0. The Balaban J connectivity index is 3.30. The zero-order valence-electron chi connectivity index (χ0n) is 12.4. The van der Waals surface area contributed by atoms with Gasteiger partial charge in [-0.1, -0.05) is 58.8 Å². The van der Waals surface area contributed by atoms with Gasteiger partial charge in [-0.25, -0.2) is 5.43 Å². The van der Waals surface area contributed by atoms with Crippen LogP contribution in [0.4, 0.5) is 0 Å². The number of amides is 1. The van der Waals surface area contributed by atoms with E-state index in [1.165, 1.54) is 38.5 Å². The van der Waals surface area contributed by atoms with Crippen LogP contribution < -0.4 is 5.43 Å². The predicted molar refractivity (Wildman–Crippen MR) is 78.8 cm³/mol. The molecule has 0 atom stereocenters. The molecular formula is C15H30N2O. The molecule has 0 aliphatic carbocycles. The Morgan fingerprint density at radius 1 is 0.944 bits per heavy atom. The van der Waals surface area contributed by atoms with Gasteiger partial charge in [-0.05, 0) is 19.8 Å². The van der Waals surface area contributed by atoms with Crippen LogP contribution in [-0.4, -0.2) is 11.6 Å². The first-order valence-electron chi connectivity index (χ1n) is 7.52. The van der Waals surface area contributed by atoms with Gasteiger partial charge >= 0.3 is 0 Å². The smallest absolute Gasteiger partial charge is 0.240 e. The molecule has 0 radical (unpaired) electrons. The Kier molecular flexibility index (Phi) is 12.0. The average molecular weight is 254 g/mol. The topological polar surface area (TPSA) is 41.5 Å². The molecule has 18 heavy (non-hydrogen) atoms. The molecule has 0 rings (SSSR count). The molecule has 0 unspecified atom stereocenters. The minimum atomic E-state index is 0.0498. The third-order valence-electron chi connectivity index (χ3n) is 3.14. The lowest BCUT2D eigenvalue weighted by Gasteiger charge is -2.02. The monoisotopic (exact) mass is 254 g/mol. The number of hydrogen-bond donors (Lipinski definition) is 1. The van der Waals surface area contributed by atoms with E-state index < -0.39 is 0 Å². The Morgan fingerprint density at radius 2 is 1.50 bits per heavy atom. The predicted octanol–water partition coefficient (Wildman–Crippen LogP) is 4.42. The van der Waals surface area contributed by atoms with Crippen molar-refractivity contribution >= 4 is 11.6 Å². The van der Waals surface area contributed by atoms with Crippen molar-refractivity contribution in [2.75, 3.05) is 0 Å². The number of hydrazone groups is 1. The summed E-state index contributed by atoms with van der Waals surface area (Å²) in [5, 5.41) is 4.01. The number of carbonyl (C=O) groups excluding carboxylic acids is 1. The maximum absolute atomic E-state index is 11.4. The second-order valence-electron chi connectivity index (χ2n) is 4.96. The Bertz CT molecular complexity index is 237. The molecule has 0 aromatic carbocycles. The first kappa shape index (κ1) is 17.1. The lowest BCUT2D eigenvalue weighted by atomic mass is 10.1. The Labute approximate surface area is 112 Å². The summed E-state index contributed by atoms with van der Waals surface area (Å²) in [6, 6.07) is 0. The van der Waals surface area contributed by atoms with Crippen molar-refractivity contribution in [3.05, 3.63) is 0 Å². The van der Waals surface area contributed by atoms with E-state index in [0.717, 1.165) is 25.0 Å². The molecule has 3 heteroatoms. The van der Waals surface area contributed by atoms with Crippen molar-refractivity contribution in [2.45, 2.75) is 85.0 Å². The largest absolute Gasteiger partial charge is 0.273 e. The highest BCUT2D eigenvalue weighted by Gasteiger charge is 1.99. The van der Waals surface area contributed by atoms with Crippen molar-refractivity contribution in [1.82, 2.24) is 5.43 Å². The summed E-state index contributed by atoms with van der Waals surface area (Å²) in [5.74, 6) is 0.0498. The molecule has 1 amide bonds. The molecule has 0 spiro atoms. The van der Waals surface area contributed by atoms with Gasteiger partial charge in [0.25, 0.3) is 0 Å². The van der Waals surface area contributed by atoms with E-state index in [1.807, 2.05) is 13.8 Å². The number of hydrogen-bond acceptors (Lipinski definition) is 2. The van der Waals surface area contributed by atoms with Gasteiger partial charge in [0.05, 0.1) is 0 Å². The zero-order valence-corrected chi connectivity index (χ0v) is 12.4. The van der Waals surface area contributed by atoms with E-state index in [0.29, 0.717) is 6.42 Å². The highest BCUT2D eigenvalue weighted by molar-refractivity contribution is 5.84. The van der Waals surface area contributed by atoms with Gasteiger partial charge in [0, 0.05) is 12.1 Å². The lowest BCUT2D eigenvalue weighted by molar-refractivity contribution is -0.121. The molecule has 3 nitrogen and oxygen atoms in total. The maximum Gasteiger partial charge on any atom is 0.240 e. The minimum absolute atomic E-state index is 0.0498. The molecule has 0 fully saturated rings. The second-order valence-corrected chi connectivity index (χ2v) is 4.96. The van der Waals surface area contributed by atoms with Crippen molar-refractivity contribution in [2.24, 2.45) is 5.10 Å². The Morgan fingerprint density at radius 3 is 2.06 bits per heavy atom. The van der Waals surface area contributed by atoms with Crippen molar-refractivity contribution in [3.63, 3.8) is 0 Å². The fraction of sp³-hybridized carbons (Fsp3) is 0.867. The third-order valence-corrected chi connectivity index (χ3v) is 3.14. The third kappa shape index (κ3) is 11.6. The van der Waals surface area contributed by atoms with Gasteiger partial charge in [0.1, 0.15) is 0 Å². The van der Waals surface area contributed by atoms with Gasteiger partial charge in [-0.3, -0.25) is 4.79 Å². The number of carbonyl (C=O) groups is 1. The van der Waals surface area contributed by atoms with Crippen LogP contribution in [0.1, 0.15) is 85.0 Å². The minimum Gasteiger partial charge on any atom is -0.273 e. The highest BCUT2D eigenvalue weighted by Crippen LogP contribution is 2.09. The van der Waals surface area contributed by atoms with Crippen molar-refractivity contribution in [3.8, 4) is 0 Å². The molecule has 0 aliphatic heterocycles. The summed E-state index contributed by atoms with van der Waals surface area (Å²) in [6.07, 6.45) is 11.6. The molecule has 0 aliphatic rings. The molecular weight excluding hydrogens is 224 g/mol.